The fourth-order valence-electron chi connectivity index (χ4n) is 1.67. The Bertz CT molecular complexity index is 431. The van der Waals surface area contributed by atoms with Crippen molar-refractivity contribution >= 4 is 19.2 Å². The number of nitrogens with two attached hydrogens (primary N) is 1. The summed E-state index contributed by atoms with van der Waals surface area (Å²) in [6.45, 7) is 4.25. The van der Waals surface area contributed by atoms with Gasteiger partial charge >= 0.3 is 13.9 Å². The summed E-state index contributed by atoms with van der Waals surface area (Å²) in [5, 5.41) is 0.544. The van der Waals surface area contributed by atoms with Gasteiger partial charge in [-0.05, 0) is 31.5 Å². The third-order valence-corrected chi connectivity index (χ3v) is 4.81. The molecule has 0 aliphatic carbocycles. The number of ether oxygens (including phenoxy) is 1. The van der Waals surface area contributed by atoms with E-state index in [-0.39, 0.29) is 0 Å². The molecule has 0 fully saturated rings. The summed E-state index contributed by atoms with van der Waals surface area (Å²) < 4.78 is 15.3. The minimum Gasteiger partial charge on any atom is -0.468 e. The van der Waals surface area contributed by atoms with Gasteiger partial charge in [-0.2, -0.15) is 13.9 Å². The SMILES string of the molecule is CCO[P+](O)(OCC)c1ccc(C(N)C(=O)OC)cc1. The average molecular weight is 302 g/mol. The Morgan fingerprint density at radius 2 is 1.75 bits per heavy atom. The number of rotatable bonds is 7. The van der Waals surface area contributed by atoms with Gasteiger partial charge in [0.05, 0.1) is 20.3 Å². The molecule has 6 nitrogen and oxygen atoms in total. The number of esters is 1. The summed E-state index contributed by atoms with van der Waals surface area (Å²) in [7, 11) is -1.78. The van der Waals surface area contributed by atoms with Gasteiger partial charge in [-0.25, -0.2) is 0 Å². The van der Waals surface area contributed by atoms with Crippen LogP contribution < -0.4 is 11.0 Å². The second kappa shape index (κ2) is 7.67. The molecule has 0 aromatic heterocycles. The number of methoxy groups -OCH3 is 1. The molecule has 7 heteroatoms. The van der Waals surface area contributed by atoms with E-state index in [1.807, 2.05) is 0 Å². The number of hydrogen-bond acceptors (Lipinski definition) is 6. The summed E-state index contributed by atoms with van der Waals surface area (Å²) in [5.41, 5.74) is 6.33. The van der Waals surface area contributed by atoms with Gasteiger partial charge in [0.2, 0.25) is 0 Å². The maximum absolute atomic E-state index is 11.4. The summed E-state index contributed by atoms with van der Waals surface area (Å²) in [6.07, 6.45) is 0. The number of carbonyl (C=O) groups is 1. The molecule has 0 amide bonds. The van der Waals surface area contributed by atoms with Crippen molar-refractivity contribution in [3.05, 3.63) is 29.8 Å². The Kier molecular flexibility index (Phi) is 6.52. The van der Waals surface area contributed by atoms with Crippen LogP contribution >= 0.6 is 7.94 Å². The van der Waals surface area contributed by atoms with Crippen LogP contribution in [-0.4, -0.2) is 31.2 Å². The van der Waals surface area contributed by atoms with Crippen molar-refractivity contribution in [3.63, 3.8) is 0 Å². The van der Waals surface area contributed by atoms with Gasteiger partial charge in [0.25, 0.3) is 0 Å². The molecular weight excluding hydrogens is 281 g/mol. The molecule has 0 heterocycles. The Labute approximate surface area is 119 Å². The molecule has 1 rings (SSSR count). The van der Waals surface area contributed by atoms with Gasteiger partial charge < -0.3 is 10.5 Å². The third kappa shape index (κ3) is 3.98. The lowest BCUT2D eigenvalue weighted by Gasteiger charge is -2.16. The van der Waals surface area contributed by atoms with Crippen LogP contribution in [0.25, 0.3) is 0 Å². The Morgan fingerprint density at radius 3 is 2.15 bits per heavy atom. The highest BCUT2D eigenvalue weighted by Gasteiger charge is 2.43. The standard InChI is InChI=1S/C13H21NO5P/c1-4-18-20(16,19-5-2)11-8-6-10(7-9-11)12(14)13(15)17-3/h6-9,12,16H,4-5,14H2,1-3H3/q+1. The van der Waals surface area contributed by atoms with Gasteiger partial charge in [-0.3, -0.25) is 4.79 Å². The third-order valence-electron chi connectivity index (χ3n) is 2.64. The Balaban J connectivity index is 2.96. The maximum Gasteiger partial charge on any atom is 0.446 e. The fourth-order valence-corrected chi connectivity index (χ4v) is 3.27. The van der Waals surface area contributed by atoms with Crippen LogP contribution in [-0.2, 0) is 18.6 Å². The van der Waals surface area contributed by atoms with E-state index in [1.165, 1.54) is 7.11 Å². The zero-order valence-corrected chi connectivity index (χ0v) is 12.8. The van der Waals surface area contributed by atoms with Crippen molar-refractivity contribution in [2.75, 3.05) is 20.3 Å². The fraction of sp³-hybridized carbons (Fsp3) is 0.462. The van der Waals surface area contributed by atoms with E-state index in [0.717, 1.165) is 0 Å². The first-order chi connectivity index (χ1) is 9.48. The van der Waals surface area contributed by atoms with Gasteiger partial charge in [0, 0.05) is 0 Å². The quantitative estimate of drug-likeness (QED) is 0.583. The molecule has 0 spiro atoms. The molecule has 1 aromatic rings. The van der Waals surface area contributed by atoms with Crippen LogP contribution in [0.3, 0.4) is 0 Å². The number of benzene rings is 1. The molecule has 0 saturated heterocycles. The van der Waals surface area contributed by atoms with E-state index in [1.54, 1.807) is 38.1 Å². The highest BCUT2D eigenvalue weighted by Crippen LogP contribution is 2.55. The molecule has 20 heavy (non-hydrogen) atoms. The highest BCUT2D eigenvalue weighted by molar-refractivity contribution is 7.68. The summed E-state index contributed by atoms with van der Waals surface area (Å²) in [5.74, 6) is -0.516. The molecule has 1 unspecified atom stereocenters. The van der Waals surface area contributed by atoms with Crippen molar-refractivity contribution in [2.24, 2.45) is 5.73 Å². The van der Waals surface area contributed by atoms with Crippen molar-refractivity contribution in [2.45, 2.75) is 19.9 Å². The second-order valence-corrected chi connectivity index (χ2v) is 6.02. The lowest BCUT2D eigenvalue weighted by Crippen LogP contribution is -2.23. The van der Waals surface area contributed by atoms with Crippen LogP contribution in [0.2, 0.25) is 0 Å². The van der Waals surface area contributed by atoms with E-state index in [9.17, 15) is 9.69 Å². The van der Waals surface area contributed by atoms with Crippen LogP contribution in [0.4, 0.5) is 0 Å². The van der Waals surface area contributed by atoms with Crippen molar-refractivity contribution in [1.82, 2.24) is 0 Å². The second-order valence-electron chi connectivity index (χ2n) is 3.95. The van der Waals surface area contributed by atoms with E-state index >= 15 is 0 Å². The molecule has 1 atom stereocenters. The van der Waals surface area contributed by atoms with Gasteiger partial charge in [0.1, 0.15) is 6.04 Å². The predicted octanol–water partition coefficient (Wildman–Crippen LogP) is 1.31. The van der Waals surface area contributed by atoms with E-state index < -0.39 is 20.0 Å². The zero-order valence-electron chi connectivity index (χ0n) is 11.9. The average Bonchev–Trinajstić information content (AvgIpc) is 2.46. The van der Waals surface area contributed by atoms with Gasteiger partial charge in [0.15, 0.2) is 5.30 Å². The van der Waals surface area contributed by atoms with Crippen molar-refractivity contribution < 1.29 is 23.5 Å². The topological polar surface area (TPSA) is 91.0 Å². The minimum atomic E-state index is -3.06. The number of carbonyl (C=O) groups excluding carboxylic acids is 1. The lowest BCUT2D eigenvalue weighted by atomic mass is 10.1. The molecule has 0 bridgehead atoms. The smallest absolute Gasteiger partial charge is 0.446 e. The zero-order chi connectivity index (χ0) is 15.2. The Morgan fingerprint density at radius 1 is 1.25 bits per heavy atom. The summed E-state index contributed by atoms with van der Waals surface area (Å²) >= 11 is 0. The molecule has 112 valence electrons. The van der Waals surface area contributed by atoms with Gasteiger partial charge in [-0.15, -0.1) is 0 Å². The lowest BCUT2D eigenvalue weighted by molar-refractivity contribution is -0.142. The van der Waals surface area contributed by atoms with Crippen LogP contribution in [0.1, 0.15) is 25.5 Å². The summed E-state index contributed by atoms with van der Waals surface area (Å²) in [6, 6.07) is 5.76. The molecule has 3 N–H and O–H groups in total. The van der Waals surface area contributed by atoms with Crippen LogP contribution in [0.15, 0.2) is 24.3 Å². The van der Waals surface area contributed by atoms with Crippen molar-refractivity contribution in [1.29, 1.82) is 0 Å². The molecular formula is C13H21NO5P+. The predicted molar refractivity (Wildman–Crippen MR) is 77.4 cm³/mol. The molecule has 0 aliphatic heterocycles. The highest BCUT2D eigenvalue weighted by atomic mass is 31.2. The maximum atomic E-state index is 11.4. The molecule has 0 radical (unpaired) electrons. The van der Waals surface area contributed by atoms with Crippen LogP contribution in [0.5, 0.6) is 0 Å². The van der Waals surface area contributed by atoms with Crippen LogP contribution in [0, 0.1) is 0 Å². The van der Waals surface area contributed by atoms with E-state index in [2.05, 4.69) is 4.74 Å². The molecule has 1 aromatic carbocycles. The monoisotopic (exact) mass is 302 g/mol. The first kappa shape index (κ1) is 17.0. The largest absolute Gasteiger partial charge is 0.468 e. The molecule has 0 saturated carbocycles. The first-order valence-corrected chi connectivity index (χ1v) is 7.91. The van der Waals surface area contributed by atoms with Gasteiger partial charge in [-0.1, -0.05) is 12.1 Å². The van der Waals surface area contributed by atoms with Crippen molar-refractivity contribution in [3.8, 4) is 0 Å². The summed E-state index contributed by atoms with van der Waals surface area (Å²) in [4.78, 5) is 21.8. The molecule has 0 aliphatic rings. The minimum absolute atomic E-state index is 0.341. The van der Waals surface area contributed by atoms with E-state index in [4.69, 9.17) is 14.8 Å². The number of hydrogen-bond donors (Lipinski definition) is 2. The Hall–Kier alpha value is -1.04. The van der Waals surface area contributed by atoms with E-state index in [0.29, 0.717) is 24.1 Å². The first-order valence-electron chi connectivity index (χ1n) is 6.33. The normalized spacial score (nSPS) is 13.1.